The van der Waals surface area contributed by atoms with Gasteiger partial charge in [0.1, 0.15) is 0 Å². The lowest BCUT2D eigenvalue weighted by atomic mass is 10.1. The van der Waals surface area contributed by atoms with Gasteiger partial charge in [0.25, 0.3) is 0 Å². The molecular formula is C14H16N4. The van der Waals surface area contributed by atoms with E-state index < -0.39 is 0 Å². The van der Waals surface area contributed by atoms with Gasteiger partial charge < -0.3 is 10.6 Å². The smallest absolute Gasteiger partial charge is 0.0811 e. The first kappa shape index (κ1) is 11.0. The van der Waals surface area contributed by atoms with Gasteiger partial charge in [-0.2, -0.15) is 0 Å². The summed E-state index contributed by atoms with van der Waals surface area (Å²) in [6, 6.07) is 8.37. The van der Waals surface area contributed by atoms with E-state index in [4.69, 9.17) is 5.73 Å². The number of hydrogen-bond donors (Lipinski definition) is 1. The van der Waals surface area contributed by atoms with Crippen LogP contribution in [0.2, 0.25) is 0 Å². The van der Waals surface area contributed by atoms with Crippen molar-refractivity contribution in [2.24, 2.45) is 0 Å². The molecule has 2 aromatic rings. The third-order valence-corrected chi connectivity index (χ3v) is 3.40. The number of anilines is 2. The van der Waals surface area contributed by atoms with Gasteiger partial charge in [-0.05, 0) is 37.1 Å². The molecule has 0 amide bonds. The molecule has 0 saturated carbocycles. The lowest BCUT2D eigenvalue weighted by Crippen LogP contribution is -2.23. The van der Waals surface area contributed by atoms with Crippen molar-refractivity contribution in [1.29, 1.82) is 0 Å². The van der Waals surface area contributed by atoms with E-state index in [0.29, 0.717) is 6.04 Å². The normalized spacial score (nSPS) is 19.1. The van der Waals surface area contributed by atoms with Crippen molar-refractivity contribution in [1.82, 2.24) is 9.97 Å². The zero-order valence-corrected chi connectivity index (χ0v) is 10.2. The van der Waals surface area contributed by atoms with E-state index in [1.165, 1.54) is 12.1 Å². The Labute approximate surface area is 106 Å². The number of aromatic nitrogens is 2. The first-order valence-corrected chi connectivity index (χ1v) is 6.23. The predicted molar refractivity (Wildman–Crippen MR) is 72.2 cm³/mol. The Bertz CT molecular complexity index is 509. The molecule has 4 nitrogen and oxygen atoms in total. The van der Waals surface area contributed by atoms with Gasteiger partial charge in [-0.1, -0.05) is 0 Å². The Morgan fingerprint density at radius 2 is 2.00 bits per heavy atom. The molecule has 1 aliphatic rings. The fourth-order valence-electron chi connectivity index (χ4n) is 2.53. The Kier molecular flexibility index (Phi) is 2.84. The van der Waals surface area contributed by atoms with E-state index in [9.17, 15) is 0 Å². The molecule has 2 N–H and O–H groups in total. The number of nitrogen functional groups attached to an aromatic ring is 1. The van der Waals surface area contributed by atoms with Gasteiger partial charge in [0, 0.05) is 30.3 Å². The second kappa shape index (κ2) is 4.64. The van der Waals surface area contributed by atoms with Crippen LogP contribution in [-0.4, -0.2) is 16.5 Å². The minimum atomic E-state index is 0.335. The molecule has 1 atom stereocenters. The second-order valence-electron chi connectivity index (χ2n) is 4.57. The Hall–Kier alpha value is -2.10. The van der Waals surface area contributed by atoms with Gasteiger partial charge in [-0.3, -0.25) is 9.97 Å². The number of rotatable bonds is 2. The van der Waals surface area contributed by atoms with Crippen molar-refractivity contribution in [2.75, 3.05) is 17.2 Å². The fourth-order valence-corrected chi connectivity index (χ4v) is 2.53. The minimum absolute atomic E-state index is 0.335. The fraction of sp³-hybridized carbons (Fsp3) is 0.286. The van der Waals surface area contributed by atoms with Crippen LogP contribution in [0.15, 0.2) is 42.9 Å². The lowest BCUT2D eigenvalue weighted by Gasteiger charge is -2.26. The number of benzene rings is 1. The zero-order valence-electron chi connectivity index (χ0n) is 10.2. The van der Waals surface area contributed by atoms with E-state index in [1.54, 1.807) is 12.4 Å². The summed E-state index contributed by atoms with van der Waals surface area (Å²) in [5.74, 6) is 0. The highest BCUT2D eigenvalue weighted by atomic mass is 15.2. The summed E-state index contributed by atoms with van der Waals surface area (Å²) in [5.41, 5.74) is 8.78. The summed E-state index contributed by atoms with van der Waals surface area (Å²) in [6.45, 7) is 1.06. The van der Waals surface area contributed by atoms with Gasteiger partial charge in [0.15, 0.2) is 0 Å². The maximum Gasteiger partial charge on any atom is 0.0811 e. The van der Waals surface area contributed by atoms with E-state index in [0.717, 1.165) is 24.3 Å². The van der Waals surface area contributed by atoms with Crippen LogP contribution in [-0.2, 0) is 0 Å². The Morgan fingerprint density at radius 3 is 2.72 bits per heavy atom. The van der Waals surface area contributed by atoms with Crippen LogP contribution in [0, 0.1) is 0 Å². The number of hydrogen-bond acceptors (Lipinski definition) is 4. The Balaban J connectivity index is 1.90. The average molecular weight is 240 g/mol. The number of nitrogens with two attached hydrogens (primary N) is 1. The van der Waals surface area contributed by atoms with Gasteiger partial charge in [0.2, 0.25) is 0 Å². The third-order valence-electron chi connectivity index (χ3n) is 3.40. The first-order chi connectivity index (χ1) is 8.84. The predicted octanol–water partition coefficient (Wildman–Crippen LogP) is 2.40. The third kappa shape index (κ3) is 2.01. The molecule has 1 aromatic heterocycles. The zero-order chi connectivity index (χ0) is 12.4. The van der Waals surface area contributed by atoms with Crippen LogP contribution in [0.5, 0.6) is 0 Å². The molecule has 0 spiro atoms. The second-order valence-corrected chi connectivity index (χ2v) is 4.57. The highest BCUT2D eigenvalue weighted by Gasteiger charge is 2.27. The molecule has 3 rings (SSSR count). The molecule has 4 heteroatoms. The van der Waals surface area contributed by atoms with Crippen LogP contribution in [0.3, 0.4) is 0 Å². The molecular weight excluding hydrogens is 224 g/mol. The summed E-state index contributed by atoms with van der Waals surface area (Å²) < 4.78 is 0. The average Bonchev–Trinajstić information content (AvgIpc) is 2.90. The van der Waals surface area contributed by atoms with Crippen molar-refractivity contribution < 1.29 is 0 Å². The molecule has 1 fully saturated rings. The molecule has 2 heterocycles. The first-order valence-electron chi connectivity index (χ1n) is 6.23. The molecule has 1 aromatic carbocycles. The minimum Gasteiger partial charge on any atom is -0.399 e. The standard InChI is InChI=1S/C14H16N4/c15-11-3-5-12(6-4-11)18-9-1-2-14(18)13-10-16-7-8-17-13/h3-8,10,14H,1-2,9,15H2. The summed E-state index contributed by atoms with van der Waals surface area (Å²) in [6.07, 6.45) is 7.65. The molecule has 92 valence electrons. The van der Waals surface area contributed by atoms with E-state index >= 15 is 0 Å². The van der Waals surface area contributed by atoms with Gasteiger partial charge >= 0.3 is 0 Å². The molecule has 0 bridgehead atoms. The SMILES string of the molecule is Nc1ccc(N2CCCC2c2cnccn2)cc1. The van der Waals surface area contributed by atoms with Crippen LogP contribution in [0.1, 0.15) is 24.6 Å². The monoisotopic (exact) mass is 240 g/mol. The number of nitrogens with zero attached hydrogens (tertiary/aromatic N) is 3. The van der Waals surface area contributed by atoms with Crippen molar-refractivity contribution in [3.05, 3.63) is 48.5 Å². The van der Waals surface area contributed by atoms with Gasteiger partial charge in [-0.15, -0.1) is 0 Å². The maximum atomic E-state index is 5.73. The molecule has 1 saturated heterocycles. The van der Waals surface area contributed by atoms with Crippen LogP contribution in [0.25, 0.3) is 0 Å². The van der Waals surface area contributed by atoms with Crippen molar-refractivity contribution in [3.63, 3.8) is 0 Å². The van der Waals surface area contributed by atoms with Crippen molar-refractivity contribution >= 4 is 11.4 Å². The van der Waals surface area contributed by atoms with Crippen molar-refractivity contribution in [2.45, 2.75) is 18.9 Å². The van der Waals surface area contributed by atoms with Crippen LogP contribution < -0.4 is 10.6 Å². The quantitative estimate of drug-likeness (QED) is 0.819. The molecule has 1 aliphatic heterocycles. The van der Waals surface area contributed by atoms with Crippen molar-refractivity contribution in [3.8, 4) is 0 Å². The van der Waals surface area contributed by atoms with Crippen LogP contribution >= 0.6 is 0 Å². The molecule has 0 aliphatic carbocycles. The van der Waals surface area contributed by atoms with E-state index in [-0.39, 0.29) is 0 Å². The van der Waals surface area contributed by atoms with E-state index in [1.807, 2.05) is 18.3 Å². The summed E-state index contributed by atoms with van der Waals surface area (Å²) in [4.78, 5) is 11.0. The highest BCUT2D eigenvalue weighted by Crippen LogP contribution is 2.34. The summed E-state index contributed by atoms with van der Waals surface area (Å²) in [7, 11) is 0. The molecule has 18 heavy (non-hydrogen) atoms. The molecule has 1 unspecified atom stereocenters. The van der Waals surface area contributed by atoms with Gasteiger partial charge in [0.05, 0.1) is 17.9 Å². The summed E-state index contributed by atoms with van der Waals surface area (Å²) >= 11 is 0. The molecule has 0 radical (unpaired) electrons. The lowest BCUT2D eigenvalue weighted by molar-refractivity contribution is 0.689. The summed E-state index contributed by atoms with van der Waals surface area (Å²) in [5, 5.41) is 0. The Morgan fingerprint density at radius 1 is 1.17 bits per heavy atom. The maximum absolute atomic E-state index is 5.73. The highest BCUT2D eigenvalue weighted by molar-refractivity contribution is 5.54. The largest absolute Gasteiger partial charge is 0.399 e. The van der Waals surface area contributed by atoms with Gasteiger partial charge in [-0.25, -0.2) is 0 Å². The topological polar surface area (TPSA) is 55.0 Å². The van der Waals surface area contributed by atoms with E-state index in [2.05, 4.69) is 27.0 Å². The van der Waals surface area contributed by atoms with Crippen LogP contribution in [0.4, 0.5) is 11.4 Å².